The molecular formula is C24H26N4O. The van der Waals surface area contributed by atoms with E-state index < -0.39 is 0 Å². The number of nitrogens with zero attached hydrogens (tertiary/aromatic N) is 2. The van der Waals surface area contributed by atoms with Gasteiger partial charge in [-0.3, -0.25) is 9.78 Å². The summed E-state index contributed by atoms with van der Waals surface area (Å²) >= 11 is 0. The number of fused-ring (bicyclic) bond motifs is 1. The van der Waals surface area contributed by atoms with Crippen molar-refractivity contribution in [2.45, 2.75) is 38.0 Å². The van der Waals surface area contributed by atoms with E-state index in [2.05, 4.69) is 39.7 Å². The number of piperidine rings is 1. The largest absolute Gasteiger partial charge is 0.317 e. The lowest BCUT2D eigenvalue weighted by Crippen LogP contribution is -2.26. The molecule has 1 aliphatic heterocycles. The van der Waals surface area contributed by atoms with Crippen molar-refractivity contribution in [1.82, 2.24) is 15.3 Å². The molecule has 0 radical (unpaired) electrons. The maximum atomic E-state index is 12.7. The van der Waals surface area contributed by atoms with Crippen LogP contribution in [-0.4, -0.2) is 29.0 Å². The minimum absolute atomic E-state index is 0.00860. The van der Waals surface area contributed by atoms with Crippen LogP contribution in [-0.2, 0) is 4.79 Å². The van der Waals surface area contributed by atoms with E-state index >= 15 is 0 Å². The molecule has 3 heterocycles. The number of carbonyl (C=O) groups excluding carboxylic acids is 1. The summed E-state index contributed by atoms with van der Waals surface area (Å²) in [6.45, 7) is 4.36. The molecule has 1 aromatic carbocycles. The molecule has 0 spiro atoms. The molecule has 2 fully saturated rings. The Kier molecular flexibility index (Phi) is 4.76. The van der Waals surface area contributed by atoms with Gasteiger partial charge in [-0.05, 0) is 86.0 Å². The van der Waals surface area contributed by atoms with Gasteiger partial charge in [0.15, 0.2) is 0 Å². The van der Waals surface area contributed by atoms with E-state index in [1.165, 1.54) is 24.0 Å². The van der Waals surface area contributed by atoms with E-state index in [1.807, 2.05) is 30.5 Å². The van der Waals surface area contributed by atoms with Crippen molar-refractivity contribution < 1.29 is 4.79 Å². The van der Waals surface area contributed by atoms with Gasteiger partial charge in [0.25, 0.3) is 0 Å². The van der Waals surface area contributed by atoms with Gasteiger partial charge in [0.05, 0.1) is 0 Å². The first-order chi connectivity index (χ1) is 14.2. The SMILES string of the molecule is Cc1cc2cnc(NC(=O)C3CC3c3ccccn3)cc2cc1C1CCNCC1. The van der Waals surface area contributed by atoms with Gasteiger partial charge in [-0.2, -0.15) is 0 Å². The lowest BCUT2D eigenvalue weighted by Gasteiger charge is -2.25. The van der Waals surface area contributed by atoms with Gasteiger partial charge in [0.2, 0.25) is 5.91 Å². The standard InChI is InChI=1S/C24H26N4O/c1-15-10-18-14-27-23(12-17(18)11-19(15)16-5-8-25-9-6-16)28-24(29)21-13-20(21)22-4-2-3-7-26-22/h2-4,7,10-12,14,16,20-21,25H,5-6,8-9,13H2,1H3,(H,27,28,29). The number of aryl methyl sites for hydroxylation is 1. The number of aromatic nitrogens is 2. The van der Waals surface area contributed by atoms with Crippen LogP contribution >= 0.6 is 0 Å². The lowest BCUT2D eigenvalue weighted by molar-refractivity contribution is -0.117. The molecule has 2 N–H and O–H groups in total. The maximum absolute atomic E-state index is 12.7. The molecule has 1 amide bonds. The summed E-state index contributed by atoms with van der Waals surface area (Å²) in [5, 5.41) is 8.73. The molecule has 3 aromatic rings. The Balaban J connectivity index is 1.34. The predicted octanol–water partition coefficient (Wildman–Crippen LogP) is 4.15. The number of hydrogen-bond donors (Lipinski definition) is 2. The van der Waals surface area contributed by atoms with E-state index in [-0.39, 0.29) is 17.7 Å². The van der Waals surface area contributed by atoms with E-state index in [9.17, 15) is 4.79 Å². The number of nitrogens with one attached hydrogen (secondary N) is 2. The second kappa shape index (κ2) is 7.56. The fraction of sp³-hybridized carbons (Fsp3) is 0.375. The van der Waals surface area contributed by atoms with Crippen LogP contribution in [0.2, 0.25) is 0 Å². The van der Waals surface area contributed by atoms with Crippen molar-refractivity contribution in [3.63, 3.8) is 0 Å². The molecule has 5 heteroatoms. The molecule has 0 bridgehead atoms. The number of anilines is 1. The van der Waals surface area contributed by atoms with Crippen molar-refractivity contribution in [2.75, 3.05) is 18.4 Å². The Labute approximate surface area is 171 Å². The molecule has 5 rings (SSSR count). The predicted molar refractivity (Wildman–Crippen MR) is 115 cm³/mol. The zero-order valence-corrected chi connectivity index (χ0v) is 16.7. The summed E-state index contributed by atoms with van der Waals surface area (Å²) in [4.78, 5) is 21.5. The summed E-state index contributed by atoms with van der Waals surface area (Å²) in [6.07, 6.45) is 6.87. The Morgan fingerprint density at radius 3 is 2.76 bits per heavy atom. The number of pyridine rings is 2. The van der Waals surface area contributed by atoms with Crippen molar-refractivity contribution >= 4 is 22.5 Å². The molecule has 2 atom stereocenters. The summed E-state index contributed by atoms with van der Waals surface area (Å²) in [5.41, 5.74) is 3.76. The van der Waals surface area contributed by atoms with Crippen molar-refractivity contribution in [1.29, 1.82) is 0 Å². The van der Waals surface area contributed by atoms with Crippen molar-refractivity contribution in [2.24, 2.45) is 5.92 Å². The third-order valence-corrected chi connectivity index (χ3v) is 6.33. The van der Waals surface area contributed by atoms with E-state index in [0.717, 1.165) is 36.0 Å². The third-order valence-electron chi connectivity index (χ3n) is 6.33. The van der Waals surface area contributed by atoms with Gasteiger partial charge >= 0.3 is 0 Å². The Hall–Kier alpha value is -2.79. The summed E-state index contributed by atoms with van der Waals surface area (Å²) in [6, 6.07) is 12.4. The molecule has 29 heavy (non-hydrogen) atoms. The number of amides is 1. The first-order valence-electron chi connectivity index (χ1n) is 10.5. The summed E-state index contributed by atoms with van der Waals surface area (Å²) < 4.78 is 0. The highest BCUT2D eigenvalue weighted by atomic mass is 16.2. The first-order valence-corrected chi connectivity index (χ1v) is 10.5. The number of benzene rings is 1. The van der Waals surface area contributed by atoms with Crippen molar-refractivity contribution in [3.8, 4) is 0 Å². The highest BCUT2D eigenvalue weighted by Gasteiger charge is 2.44. The first kappa shape index (κ1) is 18.3. The van der Waals surface area contributed by atoms with Crippen LogP contribution in [0.25, 0.3) is 10.8 Å². The molecule has 1 saturated heterocycles. The average molecular weight is 386 g/mol. The molecule has 5 nitrogen and oxygen atoms in total. The van der Waals surface area contributed by atoms with Crippen LogP contribution in [0.5, 0.6) is 0 Å². The maximum Gasteiger partial charge on any atom is 0.229 e. The van der Waals surface area contributed by atoms with Gasteiger partial charge in [0.1, 0.15) is 5.82 Å². The zero-order chi connectivity index (χ0) is 19.8. The Morgan fingerprint density at radius 2 is 1.97 bits per heavy atom. The van der Waals surface area contributed by atoms with Crippen LogP contribution in [0.3, 0.4) is 0 Å². The van der Waals surface area contributed by atoms with Gasteiger partial charge in [-0.1, -0.05) is 12.1 Å². The topological polar surface area (TPSA) is 66.9 Å². The molecule has 1 aliphatic carbocycles. The number of carbonyl (C=O) groups is 1. The molecule has 1 saturated carbocycles. The minimum Gasteiger partial charge on any atom is -0.317 e. The third kappa shape index (κ3) is 3.75. The highest BCUT2D eigenvalue weighted by Crippen LogP contribution is 2.47. The van der Waals surface area contributed by atoms with Gasteiger partial charge in [-0.25, -0.2) is 4.98 Å². The van der Waals surface area contributed by atoms with Crippen LogP contribution in [0.15, 0.2) is 48.8 Å². The van der Waals surface area contributed by atoms with Crippen LogP contribution in [0.1, 0.15) is 47.9 Å². The lowest BCUT2D eigenvalue weighted by atomic mass is 9.86. The fourth-order valence-corrected chi connectivity index (χ4v) is 4.59. The average Bonchev–Trinajstić information content (AvgIpc) is 3.56. The number of hydrogen-bond acceptors (Lipinski definition) is 4. The van der Waals surface area contributed by atoms with E-state index in [1.54, 1.807) is 6.20 Å². The summed E-state index contributed by atoms with van der Waals surface area (Å²) in [7, 11) is 0. The fourth-order valence-electron chi connectivity index (χ4n) is 4.59. The number of rotatable bonds is 4. The molecule has 2 aliphatic rings. The zero-order valence-electron chi connectivity index (χ0n) is 16.7. The second-order valence-corrected chi connectivity index (χ2v) is 8.34. The normalized spacial score (nSPS) is 21.8. The van der Waals surface area contributed by atoms with E-state index in [4.69, 9.17) is 0 Å². The van der Waals surface area contributed by atoms with Gasteiger partial charge in [-0.15, -0.1) is 0 Å². The van der Waals surface area contributed by atoms with Crippen molar-refractivity contribution in [3.05, 3.63) is 65.6 Å². The monoisotopic (exact) mass is 386 g/mol. The molecule has 2 aromatic heterocycles. The Morgan fingerprint density at radius 1 is 1.10 bits per heavy atom. The van der Waals surface area contributed by atoms with Gasteiger partial charge in [0, 0.05) is 35.3 Å². The van der Waals surface area contributed by atoms with Crippen LogP contribution in [0.4, 0.5) is 5.82 Å². The molecule has 2 unspecified atom stereocenters. The molecular weight excluding hydrogens is 360 g/mol. The highest BCUT2D eigenvalue weighted by molar-refractivity contribution is 5.96. The van der Waals surface area contributed by atoms with E-state index in [0.29, 0.717) is 11.7 Å². The van der Waals surface area contributed by atoms with Gasteiger partial charge < -0.3 is 10.6 Å². The molecule has 148 valence electrons. The smallest absolute Gasteiger partial charge is 0.229 e. The van der Waals surface area contributed by atoms with Crippen LogP contribution < -0.4 is 10.6 Å². The van der Waals surface area contributed by atoms with Crippen LogP contribution in [0, 0.1) is 12.8 Å². The summed E-state index contributed by atoms with van der Waals surface area (Å²) in [5.74, 6) is 1.50. The Bertz CT molecular complexity index is 1040. The second-order valence-electron chi connectivity index (χ2n) is 8.34. The minimum atomic E-state index is -0.00860. The quantitative estimate of drug-likeness (QED) is 0.707.